The van der Waals surface area contributed by atoms with Crippen molar-refractivity contribution in [3.05, 3.63) is 64.8 Å². The highest BCUT2D eigenvalue weighted by atomic mass is 35.5. The Morgan fingerprint density at radius 1 is 1.21 bits per heavy atom. The number of nitriles is 1. The van der Waals surface area contributed by atoms with Crippen LogP contribution in [0.2, 0.25) is 5.02 Å². The van der Waals surface area contributed by atoms with E-state index in [1.165, 1.54) is 17.7 Å². The third-order valence-electron chi connectivity index (χ3n) is 3.65. The molecule has 3 aromatic rings. The van der Waals surface area contributed by atoms with Crippen molar-refractivity contribution >= 4 is 40.0 Å². The molecular formula is C18H12ClN3O2. The van der Waals surface area contributed by atoms with Crippen LogP contribution in [0, 0.1) is 11.3 Å². The van der Waals surface area contributed by atoms with Gasteiger partial charge < -0.3 is 5.32 Å². The molecule has 3 rings (SSSR count). The average Bonchev–Trinajstić information content (AvgIpc) is 2.94. The Balaban J connectivity index is 2.09. The van der Waals surface area contributed by atoms with E-state index < -0.39 is 5.91 Å². The van der Waals surface area contributed by atoms with Crippen molar-refractivity contribution in [1.82, 2.24) is 4.57 Å². The zero-order chi connectivity index (χ0) is 17.3. The van der Waals surface area contributed by atoms with Gasteiger partial charge in [0.15, 0.2) is 0 Å². The third kappa shape index (κ3) is 2.75. The zero-order valence-electron chi connectivity index (χ0n) is 12.7. The number of carbonyl (C=O) groups excluding carboxylic acids is 2. The standard InChI is InChI=1S/C18H12ClN3O2/c1-11(23)22-10-15(14-8-13(19)6-7-17(14)22)18(24)21-16-5-3-2-4-12(16)9-20/h2-8,10H,1H3,(H,21,24). The van der Waals surface area contributed by atoms with Gasteiger partial charge in [0.2, 0.25) is 5.91 Å². The van der Waals surface area contributed by atoms with E-state index in [1.807, 2.05) is 6.07 Å². The highest BCUT2D eigenvalue weighted by molar-refractivity contribution is 6.31. The lowest BCUT2D eigenvalue weighted by molar-refractivity contribution is 0.0941. The molecule has 118 valence electrons. The minimum atomic E-state index is -0.412. The first-order valence-corrected chi connectivity index (χ1v) is 7.51. The molecule has 1 heterocycles. The molecule has 0 saturated carbocycles. The van der Waals surface area contributed by atoms with Gasteiger partial charge in [-0.05, 0) is 30.3 Å². The van der Waals surface area contributed by atoms with Crippen LogP contribution in [0.3, 0.4) is 0 Å². The summed E-state index contributed by atoms with van der Waals surface area (Å²) in [6, 6.07) is 13.7. The molecule has 24 heavy (non-hydrogen) atoms. The van der Waals surface area contributed by atoms with Gasteiger partial charge in [-0.2, -0.15) is 5.26 Å². The zero-order valence-corrected chi connectivity index (χ0v) is 13.5. The molecule has 0 aliphatic carbocycles. The highest BCUT2D eigenvalue weighted by Crippen LogP contribution is 2.26. The van der Waals surface area contributed by atoms with Crippen molar-refractivity contribution in [2.45, 2.75) is 6.92 Å². The Hall–Kier alpha value is -3.10. The van der Waals surface area contributed by atoms with E-state index in [-0.39, 0.29) is 5.91 Å². The number of nitrogens with one attached hydrogen (secondary N) is 1. The number of hydrogen-bond acceptors (Lipinski definition) is 3. The summed E-state index contributed by atoms with van der Waals surface area (Å²) >= 11 is 6.02. The second-order valence-corrected chi connectivity index (χ2v) is 5.64. The maximum Gasteiger partial charge on any atom is 0.257 e. The number of nitrogens with zero attached hydrogens (tertiary/aromatic N) is 2. The van der Waals surface area contributed by atoms with Gasteiger partial charge >= 0.3 is 0 Å². The van der Waals surface area contributed by atoms with Crippen LogP contribution in [0.25, 0.3) is 10.9 Å². The molecule has 2 aromatic carbocycles. The molecule has 0 aliphatic heterocycles. The predicted octanol–water partition coefficient (Wildman–Crippen LogP) is 4.08. The number of aromatic nitrogens is 1. The monoisotopic (exact) mass is 337 g/mol. The van der Waals surface area contributed by atoms with Crippen LogP contribution in [0.15, 0.2) is 48.7 Å². The van der Waals surface area contributed by atoms with E-state index in [0.717, 1.165) is 0 Å². The largest absolute Gasteiger partial charge is 0.321 e. The van der Waals surface area contributed by atoms with E-state index in [1.54, 1.807) is 42.5 Å². The number of rotatable bonds is 2. The summed E-state index contributed by atoms with van der Waals surface area (Å²) in [6.07, 6.45) is 1.48. The van der Waals surface area contributed by atoms with Gasteiger partial charge in [0, 0.05) is 23.5 Å². The molecule has 1 aromatic heterocycles. The lowest BCUT2D eigenvalue weighted by atomic mass is 10.1. The van der Waals surface area contributed by atoms with Crippen LogP contribution >= 0.6 is 11.6 Å². The number of amides is 1. The summed E-state index contributed by atoms with van der Waals surface area (Å²) in [4.78, 5) is 24.4. The molecule has 0 fully saturated rings. The van der Waals surface area contributed by atoms with Gasteiger partial charge in [-0.3, -0.25) is 14.2 Å². The lowest BCUT2D eigenvalue weighted by Gasteiger charge is -2.06. The topological polar surface area (TPSA) is 74.9 Å². The Labute approximate surface area is 143 Å². The number of benzene rings is 2. The number of anilines is 1. The molecule has 0 aliphatic rings. The molecular weight excluding hydrogens is 326 g/mol. The summed E-state index contributed by atoms with van der Waals surface area (Å²) in [5, 5.41) is 12.9. The fraction of sp³-hybridized carbons (Fsp3) is 0.0556. The first-order valence-electron chi connectivity index (χ1n) is 7.13. The van der Waals surface area contributed by atoms with E-state index >= 15 is 0 Å². The minimum absolute atomic E-state index is 0.209. The Bertz CT molecular complexity index is 1010. The van der Waals surface area contributed by atoms with Crippen LogP contribution in [0.1, 0.15) is 27.6 Å². The summed E-state index contributed by atoms with van der Waals surface area (Å²) in [7, 11) is 0. The van der Waals surface area contributed by atoms with Crippen molar-refractivity contribution < 1.29 is 9.59 Å². The molecule has 0 spiro atoms. The highest BCUT2D eigenvalue weighted by Gasteiger charge is 2.18. The molecule has 5 nitrogen and oxygen atoms in total. The number of para-hydroxylation sites is 1. The predicted molar refractivity (Wildman–Crippen MR) is 92.4 cm³/mol. The fourth-order valence-corrected chi connectivity index (χ4v) is 2.70. The van der Waals surface area contributed by atoms with E-state index in [2.05, 4.69) is 5.32 Å². The Kier molecular flexibility index (Phi) is 4.07. The Morgan fingerprint density at radius 2 is 1.96 bits per heavy atom. The molecule has 1 N–H and O–H groups in total. The van der Waals surface area contributed by atoms with Crippen LogP contribution < -0.4 is 5.32 Å². The van der Waals surface area contributed by atoms with E-state index in [9.17, 15) is 9.59 Å². The second-order valence-electron chi connectivity index (χ2n) is 5.20. The van der Waals surface area contributed by atoms with Crippen molar-refractivity contribution in [3.8, 4) is 6.07 Å². The number of fused-ring (bicyclic) bond motifs is 1. The molecule has 1 amide bonds. The van der Waals surface area contributed by atoms with Crippen molar-refractivity contribution in [1.29, 1.82) is 5.26 Å². The number of carbonyl (C=O) groups is 2. The van der Waals surface area contributed by atoms with Gasteiger partial charge in [-0.15, -0.1) is 0 Å². The summed E-state index contributed by atoms with van der Waals surface area (Å²) in [6.45, 7) is 1.42. The molecule has 0 saturated heterocycles. The van der Waals surface area contributed by atoms with Gasteiger partial charge in [0.1, 0.15) is 6.07 Å². The molecule has 0 bridgehead atoms. The maximum atomic E-state index is 12.7. The van der Waals surface area contributed by atoms with Crippen LogP contribution in [-0.2, 0) is 0 Å². The van der Waals surface area contributed by atoms with Crippen molar-refractivity contribution in [3.63, 3.8) is 0 Å². The maximum absolute atomic E-state index is 12.7. The average molecular weight is 338 g/mol. The third-order valence-corrected chi connectivity index (χ3v) is 3.88. The first-order chi connectivity index (χ1) is 11.5. The first kappa shape index (κ1) is 15.8. The summed E-state index contributed by atoms with van der Waals surface area (Å²) in [5.41, 5.74) is 1.69. The van der Waals surface area contributed by atoms with E-state index in [4.69, 9.17) is 16.9 Å². The molecule has 0 radical (unpaired) electrons. The summed E-state index contributed by atoms with van der Waals surface area (Å²) < 4.78 is 1.40. The van der Waals surface area contributed by atoms with Crippen LogP contribution in [0.5, 0.6) is 0 Å². The van der Waals surface area contributed by atoms with Crippen LogP contribution in [-0.4, -0.2) is 16.4 Å². The number of hydrogen-bond donors (Lipinski definition) is 1. The summed E-state index contributed by atoms with van der Waals surface area (Å²) in [5.74, 6) is -0.622. The lowest BCUT2D eigenvalue weighted by Crippen LogP contribution is -2.12. The second kappa shape index (κ2) is 6.19. The SMILES string of the molecule is CC(=O)n1cc(C(=O)Nc2ccccc2C#N)c2cc(Cl)ccc21. The fourth-order valence-electron chi connectivity index (χ4n) is 2.52. The van der Waals surface area contributed by atoms with E-state index in [0.29, 0.717) is 32.7 Å². The van der Waals surface area contributed by atoms with Gasteiger partial charge in [-0.25, -0.2) is 0 Å². The Morgan fingerprint density at radius 3 is 2.67 bits per heavy atom. The van der Waals surface area contributed by atoms with Gasteiger partial charge in [0.05, 0.1) is 22.3 Å². The normalized spacial score (nSPS) is 10.4. The quantitative estimate of drug-likeness (QED) is 0.765. The smallest absolute Gasteiger partial charge is 0.257 e. The molecule has 0 atom stereocenters. The molecule has 0 unspecified atom stereocenters. The minimum Gasteiger partial charge on any atom is -0.321 e. The molecule has 6 heteroatoms. The van der Waals surface area contributed by atoms with Gasteiger partial charge in [-0.1, -0.05) is 23.7 Å². The van der Waals surface area contributed by atoms with Gasteiger partial charge in [0.25, 0.3) is 5.91 Å². The van der Waals surface area contributed by atoms with Crippen LogP contribution in [0.4, 0.5) is 5.69 Å². The van der Waals surface area contributed by atoms with Crippen molar-refractivity contribution in [2.75, 3.05) is 5.32 Å². The van der Waals surface area contributed by atoms with Crippen molar-refractivity contribution in [2.24, 2.45) is 0 Å². The number of halogens is 1.